The van der Waals surface area contributed by atoms with Gasteiger partial charge < -0.3 is 5.32 Å². The summed E-state index contributed by atoms with van der Waals surface area (Å²) in [5, 5.41) is 2.89. The van der Waals surface area contributed by atoms with E-state index in [1.807, 2.05) is 0 Å². The number of carbonyl (C=O) groups is 3. The van der Waals surface area contributed by atoms with Gasteiger partial charge >= 0.3 is 0 Å². The molecule has 4 rings (SSSR count). The van der Waals surface area contributed by atoms with Crippen molar-refractivity contribution in [2.24, 2.45) is 5.92 Å². The normalized spacial score (nSPS) is 16.2. The van der Waals surface area contributed by atoms with Crippen LogP contribution in [0.25, 0.3) is 0 Å². The van der Waals surface area contributed by atoms with Crippen molar-refractivity contribution in [2.75, 3.05) is 11.4 Å². The SMILES string of the molecule is O=C(NCC1CC1)c1cccc(N2C(=O)c3ccccc3C2=O)c1. The molecule has 0 atom stereocenters. The van der Waals surface area contributed by atoms with E-state index in [1.54, 1.807) is 48.5 Å². The molecule has 0 saturated heterocycles. The summed E-state index contributed by atoms with van der Waals surface area (Å²) in [6.45, 7) is 0.677. The summed E-state index contributed by atoms with van der Waals surface area (Å²) in [4.78, 5) is 38.4. The van der Waals surface area contributed by atoms with Gasteiger partial charge in [-0.3, -0.25) is 14.4 Å². The molecule has 24 heavy (non-hydrogen) atoms. The number of nitrogens with zero attached hydrogens (tertiary/aromatic N) is 1. The Bertz CT molecular complexity index is 820. The maximum absolute atomic E-state index is 12.5. The molecule has 0 aromatic heterocycles. The van der Waals surface area contributed by atoms with Crippen molar-refractivity contribution < 1.29 is 14.4 Å². The van der Waals surface area contributed by atoms with Crippen molar-refractivity contribution in [2.45, 2.75) is 12.8 Å². The second kappa shape index (κ2) is 5.60. The van der Waals surface area contributed by atoms with E-state index in [0.29, 0.717) is 34.8 Å². The molecular formula is C19H16N2O3. The molecule has 1 aliphatic carbocycles. The molecular weight excluding hydrogens is 304 g/mol. The zero-order valence-electron chi connectivity index (χ0n) is 13.0. The van der Waals surface area contributed by atoms with Crippen molar-refractivity contribution in [3.05, 3.63) is 65.2 Å². The number of hydrogen-bond acceptors (Lipinski definition) is 3. The van der Waals surface area contributed by atoms with Crippen LogP contribution in [0.5, 0.6) is 0 Å². The van der Waals surface area contributed by atoms with Crippen LogP contribution in [-0.4, -0.2) is 24.3 Å². The van der Waals surface area contributed by atoms with Gasteiger partial charge in [-0.15, -0.1) is 0 Å². The van der Waals surface area contributed by atoms with E-state index in [9.17, 15) is 14.4 Å². The van der Waals surface area contributed by atoms with Gasteiger partial charge in [0.2, 0.25) is 0 Å². The van der Waals surface area contributed by atoms with E-state index in [-0.39, 0.29) is 17.7 Å². The lowest BCUT2D eigenvalue weighted by Crippen LogP contribution is -2.30. The molecule has 0 bridgehead atoms. The van der Waals surface area contributed by atoms with E-state index in [4.69, 9.17) is 0 Å². The number of anilines is 1. The summed E-state index contributed by atoms with van der Waals surface area (Å²) in [6, 6.07) is 13.4. The quantitative estimate of drug-likeness (QED) is 0.881. The highest BCUT2D eigenvalue weighted by atomic mass is 16.2. The van der Waals surface area contributed by atoms with Gasteiger partial charge in [0, 0.05) is 12.1 Å². The van der Waals surface area contributed by atoms with Crippen molar-refractivity contribution >= 4 is 23.4 Å². The fraction of sp³-hybridized carbons (Fsp3) is 0.211. The van der Waals surface area contributed by atoms with Crippen molar-refractivity contribution in [3.8, 4) is 0 Å². The minimum Gasteiger partial charge on any atom is -0.352 e. The van der Waals surface area contributed by atoms with Crippen LogP contribution in [0.4, 0.5) is 5.69 Å². The van der Waals surface area contributed by atoms with Gasteiger partial charge in [0.05, 0.1) is 16.8 Å². The van der Waals surface area contributed by atoms with Gasteiger partial charge in [0.15, 0.2) is 0 Å². The van der Waals surface area contributed by atoms with E-state index >= 15 is 0 Å². The first-order valence-electron chi connectivity index (χ1n) is 8.01. The maximum atomic E-state index is 12.5. The minimum atomic E-state index is -0.355. The van der Waals surface area contributed by atoms with Crippen LogP contribution in [0.15, 0.2) is 48.5 Å². The van der Waals surface area contributed by atoms with Crippen LogP contribution in [0.3, 0.4) is 0 Å². The van der Waals surface area contributed by atoms with Gasteiger partial charge in [-0.1, -0.05) is 18.2 Å². The monoisotopic (exact) mass is 320 g/mol. The predicted octanol–water partition coefficient (Wildman–Crippen LogP) is 2.63. The molecule has 2 aliphatic rings. The Hall–Kier alpha value is -2.95. The number of nitrogens with one attached hydrogen (secondary N) is 1. The average Bonchev–Trinajstić information content (AvgIpc) is 3.40. The highest BCUT2D eigenvalue weighted by molar-refractivity contribution is 6.34. The van der Waals surface area contributed by atoms with E-state index in [2.05, 4.69) is 5.32 Å². The number of imide groups is 1. The molecule has 1 fully saturated rings. The van der Waals surface area contributed by atoms with Crippen LogP contribution in [-0.2, 0) is 0 Å². The highest BCUT2D eigenvalue weighted by Crippen LogP contribution is 2.29. The fourth-order valence-corrected chi connectivity index (χ4v) is 2.87. The Labute approximate surface area is 139 Å². The number of hydrogen-bond donors (Lipinski definition) is 1. The summed E-state index contributed by atoms with van der Waals surface area (Å²) in [6.07, 6.45) is 2.32. The molecule has 0 radical (unpaired) electrons. The Balaban J connectivity index is 1.61. The zero-order chi connectivity index (χ0) is 16.7. The van der Waals surface area contributed by atoms with Crippen LogP contribution >= 0.6 is 0 Å². The topological polar surface area (TPSA) is 66.5 Å². The van der Waals surface area contributed by atoms with E-state index in [0.717, 1.165) is 17.7 Å². The van der Waals surface area contributed by atoms with Crippen molar-refractivity contribution in [1.29, 1.82) is 0 Å². The third-order valence-corrected chi connectivity index (χ3v) is 4.41. The standard InChI is InChI=1S/C19H16N2O3/c22-17(20-11-12-8-9-12)13-4-3-5-14(10-13)21-18(23)15-6-1-2-7-16(15)19(21)24/h1-7,10,12H,8-9,11H2,(H,20,22). The van der Waals surface area contributed by atoms with Gasteiger partial charge in [-0.25, -0.2) is 4.90 Å². The van der Waals surface area contributed by atoms with Gasteiger partial charge in [0.25, 0.3) is 17.7 Å². The Kier molecular flexibility index (Phi) is 3.41. The smallest absolute Gasteiger partial charge is 0.266 e. The van der Waals surface area contributed by atoms with Crippen LogP contribution < -0.4 is 10.2 Å². The van der Waals surface area contributed by atoms with Gasteiger partial charge in [-0.05, 0) is 49.1 Å². The van der Waals surface area contributed by atoms with Crippen LogP contribution in [0.2, 0.25) is 0 Å². The summed E-state index contributed by atoms with van der Waals surface area (Å²) >= 11 is 0. The zero-order valence-corrected chi connectivity index (χ0v) is 13.0. The number of fused-ring (bicyclic) bond motifs is 1. The molecule has 1 heterocycles. The van der Waals surface area contributed by atoms with Crippen LogP contribution in [0.1, 0.15) is 43.9 Å². The molecule has 3 amide bonds. The van der Waals surface area contributed by atoms with E-state index in [1.165, 1.54) is 0 Å². The fourth-order valence-electron chi connectivity index (χ4n) is 2.87. The number of carbonyl (C=O) groups excluding carboxylic acids is 3. The van der Waals surface area contributed by atoms with Gasteiger partial charge in [-0.2, -0.15) is 0 Å². The first-order chi connectivity index (χ1) is 11.6. The molecule has 5 nitrogen and oxygen atoms in total. The molecule has 2 aromatic rings. The molecule has 2 aromatic carbocycles. The number of amides is 3. The third kappa shape index (κ3) is 2.48. The maximum Gasteiger partial charge on any atom is 0.266 e. The highest BCUT2D eigenvalue weighted by Gasteiger charge is 2.36. The summed E-state index contributed by atoms with van der Waals surface area (Å²) in [5.74, 6) is -0.300. The number of rotatable bonds is 4. The Morgan fingerprint density at radius 2 is 1.67 bits per heavy atom. The lowest BCUT2D eigenvalue weighted by Gasteiger charge is -2.15. The first-order valence-corrected chi connectivity index (χ1v) is 8.01. The Morgan fingerprint density at radius 1 is 1.00 bits per heavy atom. The molecule has 5 heteroatoms. The van der Waals surface area contributed by atoms with Crippen LogP contribution in [0, 0.1) is 5.92 Å². The summed E-state index contributed by atoms with van der Waals surface area (Å²) < 4.78 is 0. The number of benzene rings is 2. The Morgan fingerprint density at radius 3 is 2.29 bits per heavy atom. The second-order valence-electron chi connectivity index (χ2n) is 6.20. The van der Waals surface area contributed by atoms with E-state index < -0.39 is 0 Å². The van der Waals surface area contributed by atoms with Crippen molar-refractivity contribution in [1.82, 2.24) is 5.32 Å². The molecule has 1 N–H and O–H groups in total. The average molecular weight is 320 g/mol. The van der Waals surface area contributed by atoms with Crippen molar-refractivity contribution in [3.63, 3.8) is 0 Å². The minimum absolute atomic E-state index is 0.180. The second-order valence-corrected chi connectivity index (χ2v) is 6.20. The molecule has 0 unspecified atom stereocenters. The molecule has 1 saturated carbocycles. The third-order valence-electron chi connectivity index (χ3n) is 4.41. The molecule has 120 valence electrons. The lowest BCUT2D eigenvalue weighted by molar-refractivity contribution is 0.0919. The first kappa shape index (κ1) is 14.6. The molecule has 0 spiro atoms. The molecule has 1 aliphatic heterocycles. The summed E-state index contributed by atoms with van der Waals surface area (Å²) in [5.41, 5.74) is 1.65. The summed E-state index contributed by atoms with van der Waals surface area (Å²) in [7, 11) is 0. The predicted molar refractivity (Wildman–Crippen MR) is 89.1 cm³/mol. The van der Waals surface area contributed by atoms with Gasteiger partial charge in [0.1, 0.15) is 0 Å². The lowest BCUT2D eigenvalue weighted by atomic mass is 10.1. The largest absolute Gasteiger partial charge is 0.352 e.